The maximum absolute atomic E-state index is 2.42. The van der Waals surface area contributed by atoms with E-state index >= 15 is 0 Å². The first-order valence-corrected chi connectivity index (χ1v) is 5.01. The molecule has 0 N–H and O–H groups in total. The van der Waals surface area contributed by atoms with Gasteiger partial charge in [-0.1, -0.05) is 27.2 Å². The van der Waals surface area contributed by atoms with Crippen molar-refractivity contribution in [3.63, 3.8) is 0 Å². The van der Waals surface area contributed by atoms with Crippen molar-refractivity contribution in [2.75, 3.05) is 0 Å². The van der Waals surface area contributed by atoms with E-state index in [-0.39, 0.29) is 0 Å². The molecule has 3 atom stereocenters. The summed E-state index contributed by atoms with van der Waals surface area (Å²) in [6, 6.07) is 0. The van der Waals surface area contributed by atoms with Crippen molar-refractivity contribution in [1.29, 1.82) is 0 Å². The summed E-state index contributed by atoms with van der Waals surface area (Å²) in [5, 5.41) is 0. The Bertz CT molecular complexity index is 107. The fourth-order valence-electron chi connectivity index (χ4n) is 2.38. The zero-order chi connectivity index (χ0) is 8.27. The van der Waals surface area contributed by atoms with Crippen LogP contribution in [0.5, 0.6) is 0 Å². The molecule has 0 spiro atoms. The fraction of sp³-hybridized carbons (Fsp3) is 0.909. The maximum Gasteiger partial charge on any atom is -0.0386 e. The lowest BCUT2D eigenvalue weighted by Gasteiger charge is -2.32. The molecule has 0 heterocycles. The lowest BCUT2D eigenvalue weighted by atomic mass is 9.74. The van der Waals surface area contributed by atoms with Crippen LogP contribution in [-0.2, 0) is 0 Å². The van der Waals surface area contributed by atoms with Crippen molar-refractivity contribution in [2.45, 2.75) is 46.5 Å². The molecule has 1 aliphatic rings. The van der Waals surface area contributed by atoms with Crippen LogP contribution >= 0.6 is 0 Å². The van der Waals surface area contributed by atoms with E-state index in [1.165, 1.54) is 25.7 Å². The van der Waals surface area contributed by atoms with E-state index in [2.05, 4.69) is 27.2 Å². The van der Waals surface area contributed by atoms with Gasteiger partial charge in [0.1, 0.15) is 0 Å². The predicted octanol–water partition coefficient (Wildman–Crippen LogP) is 3.67. The van der Waals surface area contributed by atoms with Gasteiger partial charge in [0.05, 0.1) is 0 Å². The number of hydrogen-bond donors (Lipinski definition) is 0. The van der Waals surface area contributed by atoms with Gasteiger partial charge in [0.15, 0.2) is 0 Å². The third kappa shape index (κ3) is 2.50. The van der Waals surface area contributed by atoms with Crippen molar-refractivity contribution in [3.05, 3.63) is 6.42 Å². The van der Waals surface area contributed by atoms with E-state index in [0.29, 0.717) is 0 Å². The molecular weight excluding hydrogens is 132 g/mol. The Morgan fingerprint density at radius 1 is 1.27 bits per heavy atom. The Balaban J connectivity index is 2.31. The van der Waals surface area contributed by atoms with E-state index in [9.17, 15) is 0 Å². The smallest absolute Gasteiger partial charge is 0.0386 e. The van der Waals surface area contributed by atoms with Gasteiger partial charge in [-0.05, 0) is 43.4 Å². The molecular formula is C11H21. The summed E-state index contributed by atoms with van der Waals surface area (Å²) in [7, 11) is 0. The highest BCUT2D eigenvalue weighted by Gasteiger charge is 2.23. The van der Waals surface area contributed by atoms with Crippen molar-refractivity contribution in [2.24, 2.45) is 17.8 Å². The van der Waals surface area contributed by atoms with Gasteiger partial charge in [-0.3, -0.25) is 0 Å². The summed E-state index contributed by atoms with van der Waals surface area (Å²) in [5.74, 6) is 2.95. The zero-order valence-corrected chi connectivity index (χ0v) is 8.14. The van der Waals surface area contributed by atoms with Gasteiger partial charge in [0.2, 0.25) is 0 Å². The minimum atomic E-state index is 0.968. The standard InChI is InChI=1S/C11H21/c1-4-5-11-7-6-9(2)8-10(11)3/h4,9-11H,5-8H2,1-3H3. The van der Waals surface area contributed by atoms with Crippen LogP contribution in [0, 0.1) is 24.2 Å². The summed E-state index contributed by atoms with van der Waals surface area (Å²) in [6.07, 6.45) is 8.05. The first-order valence-electron chi connectivity index (χ1n) is 5.01. The van der Waals surface area contributed by atoms with E-state index in [1.807, 2.05) is 0 Å². The van der Waals surface area contributed by atoms with Crippen LogP contribution in [0.2, 0.25) is 0 Å². The molecule has 3 unspecified atom stereocenters. The molecule has 1 rings (SSSR count). The van der Waals surface area contributed by atoms with E-state index < -0.39 is 0 Å². The Morgan fingerprint density at radius 2 is 2.00 bits per heavy atom. The highest BCUT2D eigenvalue weighted by Crippen LogP contribution is 2.35. The molecule has 0 aromatic carbocycles. The van der Waals surface area contributed by atoms with Crippen LogP contribution < -0.4 is 0 Å². The average Bonchev–Trinajstić information content (AvgIpc) is 1.95. The summed E-state index contributed by atoms with van der Waals surface area (Å²) >= 11 is 0. The zero-order valence-electron chi connectivity index (χ0n) is 8.14. The van der Waals surface area contributed by atoms with Crippen molar-refractivity contribution in [3.8, 4) is 0 Å². The number of rotatable bonds is 2. The summed E-state index contributed by atoms with van der Waals surface area (Å²) in [4.78, 5) is 0. The van der Waals surface area contributed by atoms with Crippen LogP contribution in [-0.4, -0.2) is 0 Å². The molecule has 0 aromatic heterocycles. The Kier molecular flexibility index (Phi) is 3.42. The molecule has 0 bridgehead atoms. The highest BCUT2D eigenvalue weighted by atomic mass is 14.3. The second kappa shape index (κ2) is 4.13. The molecule has 0 aliphatic heterocycles. The van der Waals surface area contributed by atoms with Crippen LogP contribution in [0.15, 0.2) is 0 Å². The minimum absolute atomic E-state index is 0.968. The number of hydrogen-bond acceptors (Lipinski definition) is 0. The van der Waals surface area contributed by atoms with E-state index in [0.717, 1.165) is 17.8 Å². The topological polar surface area (TPSA) is 0 Å². The Labute approximate surface area is 71.4 Å². The van der Waals surface area contributed by atoms with E-state index in [1.54, 1.807) is 0 Å². The first kappa shape index (κ1) is 9.09. The van der Waals surface area contributed by atoms with E-state index in [4.69, 9.17) is 0 Å². The SMILES string of the molecule is C[CH]CC1CCC(C)CC1C. The molecule has 1 saturated carbocycles. The van der Waals surface area contributed by atoms with Crippen LogP contribution in [0.4, 0.5) is 0 Å². The average molecular weight is 153 g/mol. The normalized spacial score (nSPS) is 39.0. The fourth-order valence-corrected chi connectivity index (χ4v) is 2.38. The van der Waals surface area contributed by atoms with Gasteiger partial charge in [0.25, 0.3) is 0 Å². The molecule has 0 amide bonds. The van der Waals surface area contributed by atoms with Crippen molar-refractivity contribution < 1.29 is 0 Å². The highest BCUT2D eigenvalue weighted by molar-refractivity contribution is 4.78. The van der Waals surface area contributed by atoms with Crippen molar-refractivity contribution >= 4 is 0 Å². The second-order valence-electron chi connectivity index (χ2n) is 4.30. The van der Waals surface area contributed by atoms with Crippen LogP contribution in [0.1, 0.15) is 46.5 Å². The molecule has 0 aromatic rings. The second-order valence-corrected chi connectivity index (χ2v) is 4.30. The molecule has 65 valence electrons. The van der Waals surface area contributed by atoms with Gasteiger partial charge < -0.3 is 0 Å². The monoisotopic (exact) mass is 153 g/mol. The molecule has 0 saturated heterocycles. The lowest BCUT2D eigenvalue weighted by Crippen LogP contribution is -2.21. The third-order valence-corrected chi connectivity index (χ3v) is 3.15. The summed E-state index contributed by atoms with van der Waals surface area (Å²) < 4.78 is 0. The molecule has 1 aliphatic carbocycles. The van der Waals surface area contributed by atoms with Crippen molar-refractivity contribution in [1.82, 2.24) is 0 Å². The molecule has 1 fully saturated rings. The largest absolute Gasteiger partial charge is 0.0625 e. The molecule has 1 radical (unpaired) electrons. The van der Waals surface area contributed by atoms with Gasteiger partial charge in [-0.2, -0.15) is 0 Å². The maximum atomic E-state index is 2.42. The lowest BCUT2D eigenvalue weighted by molar-refractivity contribution is 0.202. The predicted molar refractivity (Wildman–Crippen MR) is 50.3 cm³/mol. The van der Waals surface area contributed by atoms with Gasteiger partial charge in [-0.15, -0.1) is 0 Å². The van der Waals surface area contributed by atoms with Gasteiger partial charge >= 0.3 is 0 Å². The first-order chi connectivity index (χ1) is 5.24. The minimum Gasteiger partial charge on any atom is -0.0625 e. The summed E-state index contributed by atoms with van der Waals surface area (Å²) in [5.41, 5.74) is 0. The molecule has 0 nitrogen and oxygen atoms in total. The quantitative estimate of drug-likeness (QED) is 0.568. The Morgan fingerprint density at radius 3 is 2.55 bits per heavy atom. The van der Waals surface area contributed by atoms with Crippen LogP contribution in [0.25, 0.3) is 0 Å². The van der Waals surface area contributed by atoms with Crippen LogP contribution in [0.3, 0.4) is 0 Å². The molecule has 0 heteroatoms. The summed E-state index contributed by atoms with van der Waals surface area (Å²) in [6.45, 7) is 7.00. The third-order valence-electron chi connectivity index (χ3n) is 3.15. The van der Waals surface area contributed by atoms with Gasteiger partial charge in [0, 0.05) is 0 Å². The molecule has 11 heavy (non-hydrogen) atoms. The van der Waals surface area contributed by atoms with Gasteiger partial charge in [-0.25, -0.2) is 0 Å². The Hall–Kier alpha value is 0.